The minimum Gasteiger partial charge on any atom is -0.323 e. The summed E-state index contributed by atoms with van der Waals surface area (Å²) >= 11 is 0. The van der Waals surface area contributed by atoms with Crippen LogP contribution in [0.5, 0.6) is 0 Å². The molecule has 0 aliphatic carbocycles. The van der Waals surface area contributed by atoms with Gasteiger partial charge in [-0.05, 0) is 89.5 Å². The van der Waals surface area contributed by atoms with Crippen molar-refractivity contribution in [2.24, 2.45) is 0 Å². The standard InChI is InChI=1S/C49H37N5O3/c55-46(31-16-35-10-4-1-5-11-35)50-41-25-19-38(20-26-41)44-34-45(39-21-27-42(28-22-39)51-47(56)32-17-36-12-6-2-7-13-36)54-49(53-44)40-23-29-43(30-24-40)52-48(57)33-18-37-14-8-3-9-15-37/h1-34H,(H,50,55)(H,51,56)(H,52,57)/b31-16-,32-17+,33-18+. The van der Waals surface area contributed by atoms with Crippen LogP contribution in [0.3, 0.4) is 0 Å². The smallest absolute Gasteiger partial charge is 0.248 e. The van der Waals surface area contributed by atoms with Crippen LogP contribution >= 0.6 is 0 Å². The zero-order chi connectivity index (χ0) is 39.2. The van der Waals surface area contributed by atoms with E-state index in [4.69, 9.17) is 9.97 Å². The summed E-state index contributed by atoms with van der Waals surface area (Å²) < 4.78 is 0. The lowest BCUT2D eigenvalue weighted by atomic mass is 10.1. The molecule has 8 nitrogen and oxygen atoms in total. The van der Waals surface area contributed by atoms with Gasteiger partial charge in [0.05, 0.1) is 11.4 Å². The Morgan fingerprint density at radius 3 is 0.982 bits per heavy atom. The Labute approximate surface area is 331 Å². The van der Waals surface area contributed by atoms with Crippen LogP contribution in [0.15, 0.2) is 188 Å². The van der Waals surface area contributed by atoms with E-state index in [0.717, 1.165) is 33.4 Å². The van der Waals surface area contributed by atoms with E-state index in [1.807, 2.05) is 170 Å². The van der Waals surface area contributed by atoms with Crippen molar-refractivity contribution >= 4 is 53.0 Å². The number of benzene rings is 6. The summed E-state index contributed by atoms with van der Waals surface area (Å²) in [5.74, 6) is -0.240. The van der Waals surface area contributed by atoms with Gasteiger partial charge in [0.1, 0.15) is 0 Å². The second kappa shape index (κ2) is 18.4. The third-order valence-electron chi connectivity index (χ3n) is 8.71. The number of amides is 3. The van der Waals surface area contributed by atoms with E-state index in [1.165, 1.54) is 18.2 Å². The molecule has 0 atom stereocenters. The molecule has 57 heavy (non-hydrogen) atoms. The number of carbonyl (C=O) groups excluding carboxylic acids is 3. The topological polar surface area (TPSA) is 113 Å². The quantitative estimate of drug-likeness (QED) is 0.108. The lowest BCUT2D eigenvalue weighted by Crippen LogP contribution is -2.07. The molecule has 276 valence electrons. The van der Waals surface area contributed by atoms with Crippen LogP contribution in [0.4, 0.5) is 17.1 Å². The number of nitrogens with one attached hydrogen (secondary N) is 3. The SMILES string of the molecule is O=C(/C=C\c1ccccc1)Nc1ccc(-c2cc(-c3ccc(NC(=O)/C=C/c4ccccc4)cc3)nc(-c3ccc(NC(=O)/C=C/c4ccccc4)cc3)n2)cc1. The van der Waals surface area contributed by atoms with Crippen molar-refractivity contribution < 1.29 is 14.4 Å². The van der Waals surface area contributed by atoms with E-state index in [1.54, 1.807) is 18.2 Å². The fourth-order valence-electron chi connectivity index (χ4n) is 5.78. The van der Waals surface area contributed by atoms with E-state index in [2.05, 4.69) is 16.0 Å². The van der Waals surface area contributed by atoms with Gasteiger partial charge in [-0.25, -0.2) is 9.97 Å². The Morgan fingerprint density at radius 2 is 0.667 bits per heavy atom. The minimum absolute atomic E-state index is 0.239. The largest absolute Gasteiger partial charge is 0.323 e. The molecular weight excluding hydrogens is 707 g/mol. The van der Waals surface area contributed by atoms with Gasteiger partial charge >= 0.3 is 0 Å². The number of rotatable bonds is 12. The first-order valence-electron chi connectivity index (χ1n) is 18.3. The van der Waals surface area contributed by atoms with Crippen molar-refractivity contribution in [3.05, 3.63) is 205 Å². The minimum atomic E-state index is -0.245. The van der Waals surface area contributed by atoms with Crippen molar-refractivity contribution in [2.45, 2.75) is 0 Å². The number of aromatic nitrogens is 2. The molecule has 0 radical (unpaired) electrons. The second-order valence-electron chi connectivity index (χ2n) is 12.9. The van der Waals surface area contributed by atoms with Gasteiger partial charge in [0, 0.05) is 52.0 Å². The summed E-state index contributed by atoms with van der Waals surface area (Å²) in [7, 11) is 0. The van der Waals surface area contributed by atoms with Gasteiger partial charge in [-0.15, -0.1) is 0 Å². The maximum Gasteiger partial charge on any atom is 0.248 e. The number of nitrogens with zero attached hydrogens (tertiary/aromatic N) is 2. The monoisotopic (exact) mass is 743 g/mol. The zero-order valence-electron chi connectivity index (χ0n) is 30.7. The maximum absolute atomic E-state index is 12.6. The van der Waals surface area contributed by atoms with Gasteiger partial charge in [-0.3, -0.25) is 14.4 Å². The fraction of sp³-hybridized carbons (Fsp3) is 0. The first kappa shape index (κ1) is 37.3. The van der Waals surface area contributed by atoms with Crippen molar-refractivity contribution in [3.63, 3.8) is 0 Å². The van der Waals surface area contributed by atoms with Gasteiger partial charge in [-0.1, -0.05) is 115 Å². The molecule has 6 aromatic carbocycles. The Kier molecular flexibility index (Phi) is 12.0. The van der Waals surface area contributed by atoms with Crippen LogP contribution in [0.2, 0.25) is 0 Å². The van der Waals surface area contributed by atoms with Gasteiger partial charge < -0.3 is 16.0 Å². The number of hydrogen-bond donors (Lipinski definition) is 3. The third kappa shape index (κ3) is 10.8. The van der Waals surface area contributed by atoms with Crippen LogP contribution < -0.4 is 16.0 Å². The molecule has 0 unspecified atom stereocenters. The van der Waals surface area contributed by atoms with E-state index in [9.17, 15) is 14.4 Å². The van der Waals surface area contributed by atoms with Crippen molar-refractivity contribution in [3.8, 4) is 33.9 Å². The van der Waals surface area contributed by atoms with Crippen LogP contribution in [0.25, 0.3) is 52.1 Å². The Morgan fingerprint density at radius 1 is 0.368 bits per heavy atom. The van der Waals surface area contributed by atoms with Crippen molar-refractivity contribution in [2.75, 3.05) is 16.0 Å². The number of carbonyl (C=O) groups is 3. The zero-order valence-corrected chi connectivity index (χ0v) is 30.7. The molecule has 1 heterocycles. The molecule has 0 fully saturated rings. The highest BCUT2D eigenvalue weighted by Gasteiger charge is 2.12. The molecule has 7 aromatic rings. The average Bonchev–Trinajstić information content (AvgIpc) is 3.26. The van der Waals surface area contributed by atoms with Crippen LogP contribution in [-0.4, -0.2) is 27.7 Å². The van der Waals surface area contributed by atoms with Crippen molar-refractivity contribution in [1.29, 1.82) is 0 Å². The second-order valence-corrected chi connectivity index (χ2v) is 12.9. The molecule has 0 saturated heterocycles. The first-order valence-corrected chi connectivity index (χ1v) is 18.3. The first-order chi connectivity index (χ1) is 27.9. The molecule has 7 rings (SSSR count). The summed E-state index contributed by atoms with van der Waals surface area (Å²) in [4.78, 5) is 47.7. The third-order valence-corrected chi connectivity index (χ3v) is 8.71. The van der Waals surface area contributed by atoms with Crippen molar-refractivity contribution in [1.82, 2.24) is 9.97 Å². The molecule has 3 amide bonds. The van der Waals surface area contributed by atoms with E-state index >= 15 is 0 Å². The molecular formula is C49H37N5O3. The molecule has 0 saturated carbocycles. The molecule has 3 N–H and O–H groups in total. The summed E-state index contributed by atoms with van der Waals surface area (Å²) in [5, 5.41) is 8.72. The molecule has 0 bridgehead atoms. The number of hydrogen-bond acceptors (Lipinski definition) is 5. The summed E-state index contributed by atoms with van der Waals surface area (Å²) in [6.07, 6.45) is 9.79. The van der Waals surface area contributed by atoms with Crippen LogP contribution in [-0.2, 0) is 14.4 Å². The molecule has 8 heteroatoms. The highest BCUT2D eigenvalue weighted by Crippen LogP contribution is 2.29. The van der Waals surface area contributed by atoms with E-state index in [0.29, 0.717) is 34.3 Å². The summed E-state index contributed by atoms with van der Waals surface area (Å²) in [6.45, 7) is 0. The van der Waals surface area contributed by atoms with Gasteiger partial charge in [0.15, 0.2) is 5.82 Å². The lowest BCUT2D eigenvalue weighted by Gasteiger charge is -2.11. The summed E-state index contributed by atoms with van der Waals surface area (Å²) in [5.41, 5.74) is 8.44. The molecule has 0 spiro atoms. The van der Waals surface area contributed by atoms with Gasteiger partial charge in [0.2, 0.25) is 17.7 Å². The van der Waals surface area contributed by atoms with Gasteiger partial charge in [-0.2, -0.15) is 0 Å². The molecule has 1 aromatic heterocycles. The normalized spacial score (nSPS) is 11.2. The Balaban J connectivity index is 1.11. The maximum atomic E-state index is 12.6. The Bertz CT molecular complexity index is 2250. The van der Waals surface area contributed by atoms with Crippen LogP contribution in [0, 0.1) is 0 Å². The highest BCUT2D eigenvalue weighted by atomic mass is 16.2. The fourth-order valence-corrected chi connectivity index (χ4v) is 5.78. The predicted octanol–water partition coefficient (Wildman–Crippen LogP) is 10.4. The molecule has 0 aliphatic rings. The van der Waals surface area contributed by atoms with Gasteiger partial charge in [0.25, 0.3) is 0 Å². The molecule has 0 aliphatic heterocycles. The van der Waals surface area contributed by atoms with E-state index in [-0.39, 0.29) is 17.7 Å². The highest BCUT2D eigenvalue weighted by molar-refractivity contribution is 6.03. The number of anilines is 3. The summed E-state index contributed by atoms with van der Waals surface area (Å²) in [6, 6.07) is 53.1. The Hall–Kier alpha value is -7.97. The predicted molar refractivity (Wildman–Crippen MR) is 231 cm³/mol. The van der Waals surface area contributed by atoms with Crippen LogP contribution in [0.1, 0.15) is 16.7 Å². The lowest BCUT2D eigenvalue weighted by molar-refractivity contribution is -0.112. The van der Waals surface area contributed by atoms with E-state index < -0.39 is 0 Å². The average molecular weight is 744 g/mol.